The molecular weight excluding hydrogens is 150 g/mol. The number of rotatable bonds is 2. The molecule has 0 aliphatic carbocycles. The fourth-order valence-electron chi connectivity index (χ4n) is 0.721. The quantitative estimate of drug-likeness (QED) is 0.289. The van der Waals surface area contributed by atoms with Crippen LogP contribution in [0.2, 0.25) is 0 Å². The van der Waals surface area contributed by atoms with E-state index in [1.54, 1.807) is 0 Å². The molecule has 0 spiro atoms. The maximum Gasteiger partial charge on any atom is 0.0723 e. The first kappa shape index (κ1) is 9.76. The van der Waals surface area contributed by atoms with Crippen LogP contribution in [0.3, 0.4) is 0 Å². The molecule has 0 aliphatic rings. The van der Waals surface area contributed by atoms with Crippen molar-refractivity contribution in [3.8, 4) is 0 Å². The summed E-state index contributed by atoms with van der Waals surface area (Å²) in [7, 11) is 0. The molecule has 0 atom stereocenters. The Morgan fingerprint density at radius 3 is 2.10 bits per heavy atom. The lowest BCUT2D eigenvalue weighted by molar-refractivity contribution is 0.312. The fourth-order valence-corrected chi connectivity index (χ4v) is 0.869. The summed E-state index contributed by atoms with van der Waals surface area (Å²) in [5.74, 6) is 0.313. The molecule has 0 radical (unpaired) electrons. The van der Waals surface area contributed by atoms with Crippen LogP contribution in [0.5, 0.6) is 0 Å². The van der Waals surface area contributed by atoms with Crippen LogP contribution in [-0.4, -0.2) is 16.8 Å². The summed E-state index contributed by atoms with van der Waals surface area (Å²) < 4.78 is 0. The molecule has 10 heavy (non-hydrogen) atoms. The van der Waals surface area contributed by atoms with Crippen LogP contribution in [0.1, 0.15) is 27.2 Å². The maximum absolute atomic E-state index is 8.39. The van der Waals surface area contributed by atoms with Crippen LogP contribution < -0.4 is 0 Å². The van der Waals surface area contributed by atoms with Crippen molar-refractivity contribution < 1.29 is 5.21 Å². The molecule has 0 aromatic rings. The van der Waals surface area contributed by atoms with Crippen LogP contribution >= 0.6 is 11.6 Å². The number of oxime groups is 1. The second kappa shape index (κ2) is 3.81. The van der Waals surface area contributed by atoms with Crippen molar-refractivity contribution in [2.75, 3.05) is 5.88 Å². The molecule has 60 valence electrons. The number of nitrogens with zero attached hydrogens (tertiary/aromatic N) is 1. The van der Waals surface area contributed by atoms with Crippen LogP contribution in [0.4, 0.5) is 0 Å². The van der Waals surface area contributed by atoms with E-state index in [4.69, 9.17) is 16.8 Å². The van der Waals surface area contributed by atoms with E-state index in [-0.39, 0.29) is 5.41 Å². The topological polar surface area (TPSA) is 32.6 Å². The summed E-state index contributed by atoms with van der Waals surface area (Å²) in [5.41, 5.74) is 0.797. The Balaban J connectivity index is 3.88. The van der Waals surface area contributed by atoms with Gasteiger partial charge >= 0.3 is 0 Å². The summed E-state index contributed by atoms with van der Waals surface area (Å²) >= 11 is 5.48. The zero-order valence-corrected chi connectivity index (χ0v) is 7.44. The highest BCUT2D eigenvalue weighted by molar-refractivity contribution is 6.28. The van der Waals surface area contributed by atoms with Crippen LogP contribution in [0.15, 0.2) is 5.16 Å². The predicted molar refractivity (Wildman–Crippen MR) is 44.0 cm³/mol. The van der Waals surface area contributed by atoms with E-state index in [1.165, 1.54) is 0 Å². The normalized spacial score (nSPS) is 13.8. The largest absolute Gasteiger partial charge is 0.411 e. The number of halogens is 1. The monoisotopic (exact) mass is 163 g/mol. The Hall–Kier alpha value is -0.240. The standard InChI is InChI=1S/C7H14ClNO/c1-7(2,3)4-6(5-8)9-10/h10H,4-5H2,1-3H3/b9-6+. The van der Waals surface area contributed by atoms with Gasteiger partial charge in [0.25, 0.3) is 0 Å². The first-order valence-electron chi connectivity index (χ1n) is 3.25. The minimum Gasteiger partial charge on any atom is -0.411 e. The second-order valence-corrected chi connectivity index (χ2v) is 3.80. The molecule has 0 rings (SSSR count). The molecular formula is C7H14ClNO. The molecule has 0 aromatic carbocycles. The fraction of sp³-hybridized carbons (Fsp3) is 0.857. The molecule has 3 heteroatoms. The van der Waals surface area contributed by atoms with Gasteiger partial charge in [-0.3, -0.25) is 0 Å². The zero-order valence-electron chi connectivity index (χ0n) is 6.69. The minimum atomic E-state index is 0.149. The molecule has 0 aliphatic heterocycles. The van der Waals surface area contributed by atoms with E-state index in [9.17, 15) is 0 Å². The minimum absolute atomic E-state index is 0.149. The van der Waals surface area contributed by atoms with Crippen molar-refractivity contribution in [2.24, 2.45) is 10.6 Å². The first-order valence-corrected chi connectivity index (χ1v) is 3.79. The van der Waals surface area contributed by atoms with Gasteiger partial charge in [-0.2, -0.15) is 0 Å². The van der Waals surface area contributed by atoms with Gasteiger partial charge < -0.3 is 5.21 Å². The van der Waals surface area contributed by atoms with Crippen molar-refractivity contribution in [3.63, 3.8) is 0 Å². The SMILES string of the molecule is CC(C)(C)C/C(CCl)=N\O. The van der Waals surface area contributed by atoms with E-state index in [1.807, 2.05) is 0 Å². The highest BCUT2D eigenvalue weighted by atomic mass is 35.5. The summed E-state index contributed by atoms with van der Waals surface area (Å²) in [5, 5.41) is 11.5. The summed E-state index contributed by atoms with van der Waals surface area (Å²) in [6, 6.07) is 0. The van der Waals surface area contributed by atoms with Gasteiger partial charge in [0.2, 0.25) is 0 Å². The summed E-state index contributed by atoms with van der Waals surface area (Å²) in [6.07, 6.45) is 0.743. The van der Waals surface area contributed by atoms with Gasteiger partial charge in [-0.15, -0.1) is 11.6 Å². The van der Waals surface area contributed by atoms with Gasteiger partial charge in [-0.25, -0.2) is 0 Å². The van der Waals surface area contributed by atoms with Crippen LogP contribution in [0, 0.1) is 5.41 Å². The van der Waals surface area contributed by atoms with Gasteiger partial charge in [0, 0.05) is 0 Å². The zero-order chi connectivity index (χ0) is 8.20. The molecule has 0 saturated carbocycles. The van der Waals surface area contributed by atoms with Crippen molar-refractivity contribution in [2.45, 2.75) is 27.2 Å². The Kier molecular flexibility index (Phi) is 3.72. The molecule has 0 bridgehead atoms. The number of alkyl halides is 1. The van der Waals surface area contributed by atoms with Crippen molar-refractivity contribution in [1.82, 2.24) is 0 Å². The smallest absolute Gasteiger partial charge is 0.0723 e. The summed E-state index contributed by atoms with van der Waals surface area (Å²) in [4.78, 5) is 0. The maximum atomic E-state index is 8.39. The van der Waals surface area contributed by atoms with Crippen LogP contribution in [0.25, 0.3) is 0 Å². The second-order valence-electron chi connectivity index (χ2n) is 3.54. The Morgan fingerprint density at radius 2 is 2.00 bits per heavy atom. The molecule has 0 unspecified atom stereocenters. The molecule has 0 aromatic heterocycles. The van der Waals surface area contributed by atoms with E-state index < -0.39 is 0 Å². The van der Waals surface area contributed by atoms with Gasteiger partial charge in [-0.05, 0) is 11.8 Å². The van der Waals surface area contributed by atoms with E-state index in [2.05, 4.69) is 25.9 Å². The molecule has 1 N–H and O–H groups in total. The summed E-state index contributed by atoms with van der Waals surface area (Å²) in [6.45, 7) is 6.22. The predicted octanol–water partition coefficient (Wildman–Crippen LogP) is 2.49. The lowest BCUT2D eigenvalue weighted by Crippen LogP contribution is -2.13. The van der Waals surface area contributed by atoms with Gasteiger partial charge in [0.15, 0.2) is 0 Å². The molecule has 0 saturated heterocycles. The molecule has 0 amide bonds. The molecule has 2 nitrogen and oxygen atoms in total. The Morgan fingerprint density at radius 1 is 1.50 bits per heavy atom. The van der Waals surface area contributed by atoms with Crippen molar-refractivity contribution in [3.05, 3.63) is 0 Å². The average molecular weight is 164 g/mol. The third-order valence-electron chi connectivity index (χ3n) is 1.03. The van der Waals surface area contributed by atoms with E-state index in [0.29, 0.717) is 11.6 Å². The lowest BCUT2D eigenvalue weighted by atomic mass is 9.90. The van der Waals surface area contributed by atoms with Gasteiger partial charge in [0.1, 0.15) is 0 Å². The third-order valence-corrected chi connectivity index (χ3v) is 1.34. The van der Waals surface area contributed by atoms with Crippen LogP contribution in [-0.2, 0) is 0 Å². The first-order chi connectivity index (χ1) is 4.49. The Labute approximate surface area is 66.9 Å². The van der Waals surface area contributed by atoms with Gasteiger partial charge in [-0.1, -0.05) is 25.9 Å². The highest BCUT2D eigenvalue weighted by Crippen LogP contribution is 2.19. The Bertz CT molecular complexity index is 126. The van der Waals surface area contributed by atoms with Crippen molar-refractivity contribution in [1.29, 1.82) is 0 Å². The van der Waals surface area contributed by atoms with Crippen molar-refractivity contribution >= 4 is 17.3 Å². The van der Waals surface area contributed by atoms with E-state index in [0.717, 1.165) is 6.42 Å². The molecule has 0 fully saturated rings. The van der Waals surface area contributed by atoms with E-state index >= 15 is 0 Å². The van der Waals surface area contributed by atoms with Gasteiger partial charge in [0.05, 0.1) is 11.6 Å². The lowest BCUT2D eigenvalue weighted by Gasteiger charge is -2.16. The number of hydrogen-bond acceptors (Lipinski definition) is 2. The number of hydrogen-bond donors (Lipinski definition) is 1. The molecule has 0 heterocycles. The third kappa shape index (κ3) is 4.62. The average Bonchev–Trinajstić information content (AvgIpc) is 1.81. The highest BCUT2D eigenvalue weighted by Gasteiger charge is 2.13.